The quantitative estimate of drug-likeness (QED) is 0.885. The van der Waals surface area contributed by atoms with Gasteiger partial charge in [-0.05, 0) is 55.8 Å². The minimum absolute atomic E-state index is 0.0620. The minimum Gasteiger partial charge on any atom is -0.493 e. The third-order valence-corrected chi connectivity index (χ3v) is 4.85. The van der Waals surface area contributed by atoms with Crippen molar-refractivity contribution in [1.82, 2.24) is 5.32 Å². The summed E-state index contributed by atoms with van der Waals surface area (Å²) in [6.07, 6.45) is 5.15. The summed E-state index contributed by atoms with van der Waals surface area (Å²) in [6, 6.07) is 4.32. The number of hydrogen-bond donors (Lipinski definition) is 2. The molecule has 1 aromatic rings. The lowest BCUT2D eigenvalue weighted by molar-refractivity contribution is 0.108. The van der Waals surface area contributed by atoms with E-state index in [1.165, 1.54) is 11.1 Å². The molecule has 0 saturated heterocycles. The number of halogens is 1. The first-order valence-corrected chi connectivity index (χ1v) is 8.34. The van der Waals surface area contributed by atoms with E-state index in [4.69, 9.17) is 4.74 Å². The lowest BCUT2D eigenvalue weighted by Gasteiger charge is -2.25. The molecule has 3 nitrogen and oxygen atoms in total. The highest BCUT2D eigenvalue weighted by Crippen LogP contribution is 2.33. The van der Waals surface area contributed by atoms with Crippen LogP contribution in [0.25, 0.3) is 0 Å². The summed E-state index contributed by atoms with van der Waals surface area (Å²) in [6.45, 7) is 2.70. The number of nitrogens with one attached hydrogen (secondary N) is 1. The number of aliphatic hydroxyl groups excluding tert-OH is 1. The van der Waals surface area contributed by atoms with Gasteiger partial charge in [-0.1, -0.05) is 15.9 Å². The van der Waals surface area contributed by atoms with E-state index in [2.05, 4.69) is 33.4 Å². The standard InChI is InChI=1S/C16H22BrNO2/c17-14-7-12-5-6-20-16(12)13(8-14)10-18-9-11-1-3-15(19)4-2-11/h7-8,11,15,18-19H,1-6,9-10H2. The van der Waals surface area contributed by atoms with E-state index >= 15 is 0 Å². The number of ether oxygens (including phenoxy) is 1. The molecule has 1 aliphatic heterocycles. The molecule has 2 N–H and O–H groups in total. The van der Waals surface area contributed by atoms with E-state index in [9.17, 15) is 5.11 Å². The van der Waals surface area contributed by atoms with Gasteiger partial charge in [-0.3, -0.25) is 0 Å². The van der Waals surface area contributed by atoms with Crippen LogP contribution >= 0.6 is 15.9 Å². The van der Waals surface area contributed by atoms with Crippen molar-refractivity contribution in [2.45, 2.75) is 44.8 Å². The van der Waals surface area contributed by atoms with Crippen LogP contribution in [0, 0.1) is 5.92 Å². The Morgan fingerprint density at radius 1 is 1.25 bits per heavy atom. The molecule has 1 aromatic carbocycles. The van der Waals surface area contributed by atoms with E-state index in [0.29, 0.717) is 5.92 Å². The second-order valence-electron chi connectivity index (χ2n) is 5.96. The molecular weight excluding hydrogens is 318 g/mol. The van der Waals surface area contributed by atoms with Gasteiger partial charge in [0, 0.05) is 23.0 Å². The highest BCUT2D eigenvalue weighted by Gasteiger charge is 2.20. The Labute approximate surface area is 128 Å². The molecular formula is C16H22BrNO2. The molecule has 0 atom stereocenters. The van der Waals surface area contributed by atoms with Crippen molar-refractivity contribution in [3.8, 4) is 5.75 Å². The Morgan fingerprint density at radius 3 is 2.85 bits per heavy atom. The summed E-state index contributed by atoms with van der Waals surface area (Å²) in [5, 5.41) is 13.1. The molecule has 0 amide bonds. The zero-order valence-corrected chi connectivity index (χ0v) is 13.3. The fourth-order valence-corrected chi connectivity index (χ4v) is 3.79. The van der Waals surface area contributed by atoms with Gasteiger partial charge in [0.1, 0.15) is 5.75 Å². The molecule has 0 aromatic heterocycles. The number of benzene rings is 1. The zero-order valence-electron chi connectivity index (χ0n) is 11.7. The molecule has 20 heavy (non-hydrogen) atoms. The SMILES string of the molecule is OC1CCC(CNCc2cc(Br)cc3c2OCC3)CC1. The molecule has 0 bridgehead atoms. The molecule has 1 saturated carbocycles. The van der Waals surface area contributed by atoms with Crippen molar-refractivity contribution < 1.29 is 9.84 Å². The summed E-state index contributed by atoms with van der Waals surface area (Å²) in [5.74, 6) is 1.79. The molecule has 1 aliphatic carbocycles. The fourth-order valence-electron chi connectivity index (χ4n) is 3.24. The Kier molecular flexibility index (Phi) is 4.64. The topological polar surface area (TPSA) is 41.5 Å². The van der Waals surface area contributed by atoms with Gasteiger partial charge in [0.2, 0.25) is 0 Å². The van der Waals surface area contributed by atoms with Gasteiger partial charge >= 0.3 is 0 Å². The predicted octanol–water partition coefficient (Wildman–Crippen LogP) is 3.02. The molecule has 2 aliphatic rings. The van der Waals surface area contributed by atoms with E-state index in [1.807, 2.05) is 0 Å². The highest BCUT2D eigenvalue weighted by atomic mass is 79.9. The Morgan fingerprint density at radius 2 is 2.05 bits per heavy atom. The summed E-state index contributed by atoms with van der Waals surface area (Å²) < 4.78 is 6.89. The van der Waals surface area contributed by atoms with Crippen molar-refractivity contribution in [3.05, 3.63) is 27.7 Å². The van der Waals surface area contributed by atoms with Gasteiger partial charge in [0.25, 0.3) is 0 Å². The van der Waals surface area contributed by atoms with Crippen molar-refractivity contribution in [3.63, 3.8) is 0 Å². The fraction of sp³-hybridized carbons (Fsp3) is 0.625. The summed E-state index contributed by atoms with van der Waals surface area (Å²) >= 11 is 3.58. The Bertz CT molecular complexity index is 470. The van der Waals surface area contributed by atoms with Gasteiger partial charge in [-0.25, -0.2) is 0 Å². The smallest absolute Gasteiger partial charge is 0.127 e. The van der Waals surface area contributed by atoms with E-state index in [1.54, 1.807) is 0 Å². The van der Waals surface area contributed by atoms with Gasteiger partial charge < -0.3 is 15.2 Å². The highest BCUT2D eigenvalue weighted by molar-refractivity contribution is 9.10. The first kappa shape index (κ1) is 14.4. The molecule has 110 valence electrons. The van der Waals surface area contributed by atoms with E-state index in [-0.39, 0.29) is 6.10 Å². The summed E-state index contributed by atoms with van der Waals surface area (Å²) in [7, 11) is 0. The maximum Gasteiger partial charge on any atom is 0.127 e. The number of hydrogen-bond acceptors (Lipinski definition) is 3. The van der Waals surface area contributed by atoms with Crippen LogP contribution in [-0.4, -0.2) is 24.4 Å². The van der Waals surface area contributed by atoms with Crippen LogP contribution in [0.3, 0.4) is 0 Å². The largest absolute Gasteiger partial charge is 0.493 e. The van der Waals surface area contributed by atoms with Crippen LogP contribution in [0.2, 0.25) is 0 Å². The normalized spacial score (nSPS) is 25.3. The van der Waals surface area contributed by atoms with Crippen molar-refractivity contribution >= 4 is 15.9 Å². The monoisotopic (exact) mass is 339 g/mol. The predicted molar refractivity (Wildman–Crippen MR) is 83.0 cm³/mol. The average Bonchev–Trinajstić information content (AvgIpc) is 2.89. The maximum atomic E-state index is 9.52. The number of fused-ring (bicyclic) bond motifs is 1. The van der Waals surface area contributed by atoms with Gasteiger partial charge in [0.15, 0.2) is 0 Å². The van der Waals surface area contributed by atoms with Crippen LogP contribution in [0.5, 0.6) is 5.75 Å². The molecule has 4 heteroatoms. The van der Waals surface area contributed by atoms with Crippen molar-refractivity contribution in [2.75, 3.05) is 13.2 Å². The third-order valence-electron chi connectivity index (χ3n) is 4.39. The molecule has 1 heterocycles. The van der Waals surface area contributed by atoms with E-state index in [0.717, 1.165) is 62.0 Å². The molecule has 1 fully saturated rings. The van der Waals surface area contributed by atoms with E-state index < -0.39 is 0 Å². The second-order valence-corrected chi connectivity index (χ2v) is 6.87. The Balaban J connectivity index is 1.54. The molecule has 0 unspecified atom stereocenters. The lowest BCUT2D eigenvalue weighted by Crippen LogP contribution is -2.27. The van der Waals surface area contributed by atoms with Crippen molar-refractivity contribution in [2.24, 2.45) is 5.92 Å². The Hall–Kier alpha value is -0.580. The lowest BCUT2D eigenvalue weighted by atomic mass is 9.87. The van der Waals surface area contributed by atoms with Gasteiger partial charge in [-0.15, -0.1) is 0 Å². The van der Waals surface area contributed by atoms with Gasteiger partial charge in [-0.2, -0.15) is 0 Å². The van der Waals surface area contributed by atoms with Crippen LogP contribution in [0.4, 0.5) is 0 Å². The van der Waals surface area contributed by atoms with Crippen LogP contribution in [0.1, 0.15) is 36.8 Å². The molecule has 0 radical (unpaired) electrons. The first-order valence-electron chi connectivity index (χ1n) is 7.55. The van der Waals surface area contributed by atoms with Crippen LogP contribution < -0.4 is 10.1 Å². The summed E-state index contributed by atoms with van der Waals surface area (Å²) in [5.41, 5.74) is 2.57. The molecule has 0 spiro atoms. The van der Waals surface area contributed by atoms with Crippen LogP contribution in [0.15, 0.2) is 16.6 Å². The molecule has 3 rings (SSSR count). The maximum absolute atomic E-state index is 9.52. The summed E-state index contributed by atoms with van der Waals surface area (Å²) in [4.78, 5) is 0. The van der Waals surface area contributed by atoms with Crippen LogP contribution in [-0.2, 0) is 13.0 Å². The first-order chi connectivity index (χ1) is 9.72. The minimum atomic E-state index is -0.0620. The third kappa shape index (κ3) is 3.35. The van der Waals surface area contributed by atoms with Gasteiger partial charge in [0.05, 0.1) is 12.7 Å². The zero-order chi connectivity index (χ0) is 13.9. The van der Waals surface area contributed by atoms with Crippen molar-refractivity contribution in [1.29, 1.82) is 0 Å². The average molecular weight is 340 g/mol. The number of rotatable bonds is 4. The second kappa shape index (κ2) is 6.46. The number of aliphatic hydroxyl groups is 1.